The summed E-state index contributed by atoms with van der Waals surface area (Å²) in [5.74, 6) is -1.39. The van der Waals surface area contributed by atoms with Gasteiger partial charge in [0.2, 0.25) is 0 Å². The number of ketones is 1. The topological polar surface area (TPSA) is 70.5 Å². The molecule has 5 nitrogen and oxygen atoms in total. The second kappa shape index (κ2) is 3.86. The van der Waals surface area contributed by atoms with E-state index in [9.17, 15) is 9.59 Å². The fourth-order valence-electron chi connectivity index (χ4n) is 1.46. The average Bonchev–Trinajstić information content (AvgIpc) is 2.94. The molecule has 1 saturated carbocycles. The zero-order valence-electron chi connectivity index (χ0n) is 9.06. The molecule has 1 aromatic heterocycles. The number of nitrogens with zero attached hydrogens (tertiary/aromatic N) is 2. The van der Waals surface area contributed by atoms with E-state index >= 15 is 0 Å². The van der Waals surface area contributed by atoms with Crippen LogP contribution in [0.3, 0.4) is 0 Å². The van der Waals surface area contributed by atoms with E-state index in [1.807, 2.05) is 11.9 Å². The molecule has 1 heterocycles. The van der Waals surface area contributed by atoms with Crippen LogP contribution in [0, 0.1) is 0 Å². The van der Waals surface area contributed by atoms with Crippen LogP contribution in [0.5, 0.6) is 0 Å². The Hall–Kier alpha value is -1.43. The summed E-state index contributed by atoms with van der Waals surface area (Å²) >= 11 is 1.16. The van der Waals surface area contributed by atoms with Gasteiger partial charge in [-0.05, 0) is 12.8 Å². The Morgan fingerprint density at radius 3 is 2.50 bits per heavy atom. The van der Waals surface area contributed by atoms with Gasteiger partial charge in [-0.25, -0.2) is 9.78 Å². The minimum atomic E-state index is -1.14. The summed E-state index contributed by atoms with van der Waals surface area (Å²) in [6.45, 7) is 1.36. The minimum Gasteiger partial charge on any atom is -0.476 e. The van der Waals surface area contributed by atoms with Gasteiger partial charge in [0.25, 0.3) is 0 Å². The van der Waals surface area contributed by atoms with Crippen molar-refractivity contribution < 1.29 is 14.7 Å². The lowest BCUT2D eigenvalue weighted by atomic mass is 10.3. The van der Waals surface area contributed by atoms with E-state index in [0.717, 1.165) is 24.2 Å². The van der Waals surface area contributed by atoms with Crippen LogP contribution in [-0.4, -0.2) is 34.9 Å². The molecule has 1 N–H and O–H groups in total. The van der Waals surface area contributed by atoms with Gasteiger partial charge >= 0.3 is 5.97 Å². The molecule has 0 atom stereocenters. The van der Waals surface area contributed by atoms with Crippen molar-refractivity contribution in [1.29, 1.82) is 0 Å². The summed E-state index contributed by atoms with van der Waals surface area (Å²) in [7, 11) is 1.88. The molecule has 0 amide bonds. The van der Waals surface area contributed by atoms with Gasteiger partial charge in [0.05, 0.1) is 0 Å². The third kappa shape index (κ3) is 1.92. The number of carboxylic acid groups (broad SMARTS) is 1. The average molecular weight is 240 g/mol. The van der Waals surface area contributed by atoms with E-state index < -0.39 is 5.97 Å². The van der Waals surface area contributed by atoms with Crippen molar-refractivity contribution in [3.05, 3.63) is 10.6 Å². The Labute approximate surface area is 96.7 Å². The van der Waals surface area contributed by atoms with Gasteiger partial charge in [-0.3, -0.25) is 4.79 Å². The van der Waals surface area contributed by atoms with Gasteiger partial charge in [-0.15, -0.1) is 0 Å². The second-order valence-corrected chi connectivity index (χ2v) is 4.86. The van der Waals surface area contributed by atoms with Gasteiger partial charge in [0.1, 0.15) is 4.88 Å². The predicted molar refractivity (Wildman–Crippen MR) is 60.5 cm³/mol. The highest BCUT2D eigenvalue weighted by Gasteiger charge is 2.30. The number of rotatable bonds is 4. The maximum Gasteiger partial charge on any atom is 0.356 e. The molecular weight excluding hydrogens is 228 g/mol. The molecule has 0 unspecified atom stereocenters. The zero-order chi connectivity index (χ0) is 11.9. The van der Waals surface area contributed by atoms with Crippen LogP contribution in [0.4, 0.5) is 5.13 Å². The molecule has 16 heavy (non-hydrogen) atoms. The smallest absolute Gasteiger partial charge is 0.356 e. The molecule has 1 aliphatic carbocycles. The lowest BCUT2D eigenvalue weighted by Gasteiger charge is -2.13. The number of hydrogen-bond donors (Lipinski definition) is 1. The van der Waals surface area contributed by atoms with Gasteiger partial charge < -0.3 is 10.0 Å². The Kier molecular flexibility index (Phi) is 2.67. The molecule has 0 bridgehead atoms. The highest BCUT2D eigenvalue weighted by Crippen LogP contribution is 2.34. The van der Waals surface area contributed by atoms with Gasteiger partial charge in [-0.2, -0.15) is 0 Å². The molecule has 0 saturated heterocycles. The quantitative estimate of drug-likeness (QED) is 0.810. The molecule has 0 aromatic carbocycles. The minimum absolute atomic E-state index is 0.125. The summed E-state index contributed by atoms with van der Waals surface area (Å²) in [6, 6.07) is 0.451. The highest BCUT2D eigenvalue weighted by molar-refractivity contribution is 7.17. The Morgan fingerprint density at radius 1 is 1.50 bits per heavy atom. The molecule has 0 aliphatic heterocycles. The van der Waals surface area contributed by atoms with Crippen molar-refractivity contribution >= 4 is 28.2 Å². The summed E-state index contributed by atoms with van der Waals surface area (Å²) in [6.07, 6.45) is 2.21. The molecule has 1 aliphatic rings. The van der Waals surface area contributed by atoms with Crippen LogP contribution >= 0.6 is 11.3 Å². The largest absolute Gasteiger partial charge is 0.476 e. The number of carbonyl (C=O) groups is 2. The SMILES string of the molecule is CC(=O)c1sc(N(C)C2CC2)nc1C(=O)O. The van der Waals surface area contributed by atoms with Crippen molar-refractivity contribution in [2.24, 2.45) is 0 Å². The molecular formula is C10H12N2O3S. The van der Waals surface area contributed by atoms with Crippen molar-refractivity contribution in [1.82, 2.24) is 4.98 Å². The number of aromatic nitrogens is 1. The first-order valence-electron chi connectivity index (χ1n) is 4.98. The Morgan fingerprint density at radius 2 is 2.12 bits per heavy atom. The molecule has 86 valence electrons. The number of hydrogen-bond acceptors (Lipinski definition) is 5. The Balaban J connectivity index is 2.37. The maximum atomic E-state index is 11.3. The first-order valence-corrected chi connectivity index (χ1v) is 5.80. The first-order chi connectivity index (χ1) is 7.50. The summed E-state index contributed by atoms with van der Waals surface area (Å²) < 4.78 is 0. The molecule has 6 heteroatoms. The van der Waals surface area contributed by atoms with E-state index in [1.54, 1.807) is 0 Å². The third-order valence-corrected chi connectivity index (χ3v) is 3.78. The van der Waals surface area contributed by atoms with Crippen molar-refractivity contribution in [3.8, 4) is 0 Å². The fraction of sp³-hybridized carbons (Fsp3) is 0.500. The fourth-order valence-corrected chi connectivity index (χ4v) is 2.45. The van der Waals surface area contributed by atoms with Crippen molar-refractivity contribution in [2.45, 2.75) is 25.8 Å². The number of Topliss-reactive ketones (excluding diaryl/α,β-unsaturated/α-hetero) is 1. The predicted octanol–water partition coefficient (Wildman–Crippen LogP) is 1.64. The monoisotopic (exact) mass is 240 g/mol. The number of aromatic carboxylic acids is 1. The molecule has 2 rings (SSSR count). The van der Waals surface area contributed by atoms with Crippen LogP contribution in [0.1, 0.15) is 39.9 Å². The Bertz CT molecular complexity index is 419. The van der Waals surface area contributed by atoms with E-state index in [-0.39, 0.29) is 16.4 Å². The normalized spacial score (nSPS) is 14.9. The van der Waals surface area contributed by atoms with Crippen LogP contribution in [0.15, 0.2) is 0 Å². The van der Waals surface area contributed by atoms with E-state index in [4.69, 9.17) is 5.11 Å². The molecule has 0 spiro atoms. The summed E-state index contributed by atoms with van der Waals surface area (Å²) in [5.41, 5.74) is -0.125. The summed E-state index contributed by atoms with van der Waals surface area (Å²) in [4.78, 5) is 28.4. The lowest BCUT2D eigenvalue weighted by Crippen LogP contribution is -2.19. The zero-order valence-corrected chi connectivity index (χ0v) is 9.87. The van der Waals surface area contributed by atoms with Crippen molar-refractivity contribution in [3.63, 3.8) is 0 Å². The maximum absolute atomic E-state index is 11.3. The molecule has 1 fully saturated rings. The van der Waals surface area contributed by atoms with Crippen molar-refractivity contribution in [2.75, 3.05) is 11.9 Å². The molecule has 1 aromatic rings. The van der Waals surface area contributed by atoms with E-state index in [2.05, 4.69) is 4.98 Å². The second-order valence-electron chi connectivity index (χ2n) is 3.88. The van der Waals surface area contributed by atoms with E-state index in [0.29, 0.717) is 11.2 Å². The standard InChI is InChI=1S/C10H12N2O3S/c1-5(13)8-7(9(14)15)11-10(16-8)12(2)6-3-4-6/h6H,3-4H2,1-2H3,(H,14,15). The third-order valence-electron chi connectivity index (χ3n) is 2.53. The van der Waals surface area contributed by atoms with Crippen LogP contribution in [0.2, 0.25) is 0 Å². The van der Waals surface area contributed by atoms with Crippen LogP contribution in [-0.2, 0) is 0 Å². The van der Waals surface area contributed by atoms with Gasteiger partial charge in [-0.1, -0.05) is 11.3 Å². The number of carboxylic acids is 1. The lowest BCUT2D eigenvalue weighted by molar-refractivity contribution is 0.0687. The van der Waals surface area contributed by atoms with Crippen LogP contribution in [0.25, 0.3) is 0 Å². The van der Waals surface area contributed by atoms with E-state index in [1.165, 1.54) is 6.92 Å². The molecule has 0 radical (unpaired) electrons. The van der Waals surface area contributed by atoms with Gasteiger partial charge in [0, 0.05) is 20.0 Å². The summed E-state index contributed by atoms with van der Waals surface area (Å²) in [5, 5.41) is 9.55. The number of thiazole rings is 1. The highest BCUT2D eigenvalue weighted by atomic mass is 32.1. The van der Waals surface area contributed by atoms with Crippen LogP contribution < -0.4 is 4.90 Å². The first kappa shape index (κ1) is 11.1. The number of anilines is 1. The number of carbonyl (C=O) groups excluding carboxylic acids is 1. The van der Waals surface area contributed by atoms with Gasteiger partial charge in [0.15, 0.2) is 16.6 Å².